The Kier molecular flexibility index (Phi) is 3.78. The average molecular weight is 237 g/mol. The molecule has 1 rings (SSSR count). The Labute approximate surface area is 87.7 Å². The minimum absolute atomic E-state index is 0.431. The SMILES string of the molecule is O=[SH](=O)/C=C/c1c(Cl)cccc1Cl. The first-order valence-electron chi connectivity index (χ1n) is 3.37. The van der Waals surface area contributed by atoms with Crippen molar-refractivity contribution in [2.75, 3.05) is 0 Å². The van der Waals surface area contributed by atoms with Gasteiger partial charge in [-0.05, 0) is 18.2 Å². The predicted octanol–water partition coefficient (Wildman–Crippen LogP) is 2.58. The standard InChI is InChI=1S/C8H6Cl2O2S/c9-7-2-1-3-8(10)6(7)4-5-13(11)12/h1-5,13H/b5-4+. The van der Waals surface area contributed by atoms with Gasteiger partial charge in [0, 0.05) is 21.0 Å². The zero-order chi connectivity index (χ0) is 9.84. The Hall–Kier alpha value is -0.510. The van der Waals surface area contributed by atoms with Crippen LogP contribution in [0.15, 0.2) is 23.6 Å². The van der Waals surface area contributed by atoms with E-state index < -0.39 is 10.7 Å². The highest BCUT2D eigenvalue weighted by molar-refractivity contribution is 7.75. The van der Waals surface area contributed by atoms with Crippen molar-refractivity contribution in [3.05, 3.63) is 39.2 Å². The number of hydrogen-bond donors (Lipinski definition) is 1. The summed E-state index contributed by atoms with van der Waals surface area (Å²) in [5.41, 5.74) is 0.519. The summed E-state index contributed by atoms with van der Waals surface area (Å²) in [5.74, 6) is 0. The first-order chi connectivity index (χ1) is 6.11. The molecule has 0 aliphatic heterocycles. The van der Waals surface area contributed by atoms with Crippen LogP contribution in [0, 0.1) is 0 Å². The summed E-state index contributed by atoms with van der Waals surface area (Å²) in [4.78, 5) is 0. The van der Waals surface area contributed by atoms with Crippen molar-refractivity contribution in [1.82, 2.24) is 0 Å². The molecule has 13 heavy (non-hydrogen) atoms. The van der Waals surface area contributed by atoms with Crippen molar-refractivity contribution in [1.29, 1.82) is 0 Å². The smallest absolute Gasteiger partial charge is 0.161 e. The highest BCUT2D eigenvalue weighted by Gasteiger charge is 2.00. The van der Waals surface area contributed by atoms with E-state index in [4.69, 9.17) is 23.2 Å². The van der Waals surface area contributed by atoms with Crippen LogP contribution in [-0.4, -0.2) is 8.42 Å². The Morgan fingerprint density at radius 2 is 1.69 bits per heavy atom. The van der Waals surface area contributed by atoms with Crippen LogP contribution in [0.2, 0.25) is 10.0 Å². The van der Waals surface area contributed by atoms with Crippen molar-refractivity contribution >= 4 is 40.0 Å². The van der Waals surface area contributed by atoms with Gasteiger partial charge in [-0.3, -0.25) is 0 Å². The molecule has 0 N–H and O–H groups in total. The first kappa shape index (κ1) is 10.6. The van der Waals surface area contributed by atoms with Gasteiger partial charge in [0.1, 0.15) is 0 Å². The quantitative estimate of drug-likeness (QED) is 0.802. The van der Waals surface area contributed by atoms with Gasteiger partial charge in [-0.25, -0.2) is 8.42 Å². The van der Waals surface area contributed by atoms with E-state index in [0.29, 0.717) is 15.6 Å². The molecule has 0 amide bonds. The summed E-state index contributed by atoms with van der Waals surface area (Å²) >= 11 is 11.6. The largest absolute Gasteiger partial charge is 0.227 e. The lowest BCUT2D eigenvalue weighted by Gasteiger charge is -1.98. The molecule has 1 aromatic rings. The van der Waals surface area contributed by atoms with Gasteiger partial charge in [0.2, 0.25) is 0 Å². The first-order valence-corrected chi connectivity index (χ1v) is 5.37. The summed E-state index contributed by atoms with van der Waals surface area (Å²) < 4.78 is 20.5. The van der Waals surface area contributed by atoms with Crippen LogP contribution in [-0.2, 0) is 10.7 Å². The molecule has 0 spiro atoms. The zero-order valence-electron chi connectivity index (χ0n) is 6.41. The summed E-state index contributed by atoms with van der Waals surface area (Å²) in [6.45, 7) is 0. The minimum atomic E-state index is -2.55. The number of benzene rings is 1. The molecule has 0 aliphatic carbocycles. The molecule has 1 aromatic carbocycles. The molecule has 0 atom stereocenters. The fourth-order valence-electron chi connectivity index (χ4n) is 0.805. The van der Waals surface area contributed by atoms with Crippen LogP contribution in [0.4, 0.5) is 0 Å². The van der Waals surface area contributed by atoms with E-state index in [1.165, 1.54) is 6.08 Å². The molecular formula is C8H6Cl2O2S. The highest BCUT2D eigenvalue weighted by atomic mass is 35.5. The molecule has 0 aliphatic rings. The van der Waals surface area contributed by atoms with Crippen LogP contribution in [0.25, 0.3) is 6.08 Å². The Bertz CT molecular complexity index is 382. The summed E-state index contributed by atoms with van der Waals surface area (Å²) in [6, 6.07) is 4.98. The van der Waals surface area contributed by atoms with Crippen LogP contribution < -0.4 is 0 Å². The van der Waals surface area contributed by atoms with E-state index in [9.17, 15) is 8.42 Å². The van der Waals surface area contributed by atoms with Gasteiger partial charge in [-0.15, -0.1) is 0 Å². The molecule has 0 bridgehead atoms. The van der Waals surface area contributed by atoms with Crippen LogP contribution in [0.1, 0.15) is 5.56 Å². The van der Waals surface area contributed by atoms with E-state index in [1.54, 1.807) is 18.2 Å². The molecule has 0 saturated heterocycles. The molecule has 0 aromatic heterocycles. The average Bonchev–Trinajstić information content (AvgIpc) is 2.03. The van der Waals surface area contributed by atoms with E-state index in [0.717, 1.165) is 5.41 Å². The van der Waals surface area contributed by atoms with Crippen molar-refractivity contribution in [3.8, 4) is 0 Å². The number of thiol groups is 1. The molecule has 0 unspecified atom stereocenters. The lowest BCUT2D eigenvalue weighted by atomic mass is 10.2. The second-order valence-corrected chi connectivity index (χ2v) is 3.92. The third-order valence-electron chi connectivity index (χ3n) is 1.36. The molecular weight excluding hydrogens is 231 g/mol. The van der Waals surface area contributed by atoms with Crippen LogP contribution >= 0.6 is 23.2 Å². The predicted molar refractivity (Wildman–Crippen MR) is 55.8 cm³/mol. The Morgan fingerprint density at radius 3 is 2.15 bits per heavy atom. The molecule has 70 valence electrons. The molecule has 2 nitrogen and oxygen atoms in total. The van der Waals surface area contributed by atoms with E-state index in [2.05, 4.69) is 0 Å². The summed E-state index contributed by atoms with van der Waals surface area (Å²) in [5, 5.41) is 1.89. The van der Waals surface area contributed by atoms with E-state index >= 15 is 0 Å². The topological polar surface area (TPSA) is 34.1 Å². The van der Waals surface area contributed by atoms with Gasteiger partial charge in [-0.1, -0.05) is 29.3 Å². The van der Waals surface area contributed by atoms with Gasteiger partial charge in [0.05, 0.1) is 0 Å². The molecule has 5 heteroatoms. The van der Waals surface area contributed by atoms with Crippen molar-refractivity contribution in [2.45, 2.75) is 0 Å². The molecule has 0 radical (unpaired) electrons. The van der Waals surface area contributed by atoms with Gasteiger partial charge in [0.15, 0.2) is 10.7 Å². The summed E-state index contributed by atoms with van der Waals surface area (Å²) in [7, 11) is -2.55. The fourth-order valence-corrected chi connectivity index (χ4v) is 1.60. The minimum Gasteiger partial charge on any atom is -0.227 e. The second-order valence-electron chi connectivity index (χ2n) is 2.24. The Morgan fingerprint density at radius 1 is 1.15 bits per heavy atom. The highest BCUT2D eigenvalue weighted by Crippen LogP contribution is 2.25. The van der Waals surface area contributed by atoms with Gasteiger partial charge in [0.25, 0.3) is 0 Å². The zero-order valence-corrected chi connectivity index (χ0v) is 8.81. The number of hydrogen-bond acceptors (Lipinski definition) is 2. The molecule has 0 heterocycles. The van der Waals surface area contributed by atoms with Crippen molar-refractivity contribution in [3.63, 3.8) is 0 Å². The lowest BCUT2D eigenvalue weighted by molar-refractivity contribution is 0.622. The molecule has 0 fully saturated rings. The molecule has 0 saturated carbocycles. The normalized spacial score (nSPS) is 11.3. The van der Waals surface area contributed by atoms with Crippen molar-refractivity contribution < 1.29 is 8.42 Å². The second kappa shape index (κ2) is 4.65. The Balaban J connectivity index is 3.14. The number of halogens is 2. The number of rotatable bonds is 2. The maximum Gasteiger partial charge on any atom is 0.161 e. The fraction of sp³-hybridized carbons (Fsp3) is 0. The van der Waals surface area contributed by atoms with Gasteiger partial charge < -0.3 is 0 Å². The maximum absolute atomic E-state index is 10.3. The van der Waals surface area contributed by atoms with Gasteiger partial charge in [-0.2, -0.15) is 0 Å². The van der Waals surface area contributed by atoms with E-state index in [-0.39, 0.29) is 0 Å². The summed E-state index contributed by atoms with van der Waals surface area (Å²) in [6.07, 6.45) is 1.37. The van der Waals surface area contributed by atoms with Crippen LogP contribution in [0.5, 0.6) is 0 Å². The van der Waals surface area contributed by atoms with Crippen molar-refractivity contribution in [2.24, 2.45) is 0 Å². The third kappa shape index (κ3) is 3.03. The van der Waals surface area contributed by atoms with Gasteiger partial charge >= 0.3 is 0 Å². The van der Waals surface area contributed by atoms with E-state index in [1.807, 2.05) is 0 Å². The maximum atomic E-state index is 10.3. The third-order valence-corrected chi connectivity index (χ3v) is 2.41. The monoisotopic (exact) mass is 236 g/mol. The lowest BCUT2D eigenvalue weighted by Crippen LogP contribution is -1.77. The van der Waals surface area contributed by atoms with Crippen LogP contribution in [0.3, 0.4) is 0 Å².